The quantitative estimate of drug-likeness (QED) is 0.599. The van der Waals surface area contributed by atoms with Crippen molar-refractivity contribution in [2.75, 3.05) is 5.32 Å². The molecule has 0 aliphatic heterocycles. The van der Waals surface area contributed by atoms with Crippen molar-refractivity contribution in [1.82, 2.24) is 24.7 Å². The summed E-state index contributed by atoms with van der Waals surface area (Å²) in [7, 11) is 0. The molecule has 0 atom stereocenters. The van der Waals surface area contributed by atoms with Crippen molar-refractivity contribution < 1.29 is 9.32 Å². The van der Waals surface area contributed by atoms with E-state index in [0.717, 1.165) is 22.4 Å². The van der Waals surface area contributed by atoms with Gasteiger partial charge in [-0.15, -0.1) is 10.2 Å². The van der Waals surface area contributed by atoms with Crippen molar-refractivity contribution in [3.05, 3.63) is 59.3 Å². The van der Waals surface area contributed by atoms with Gasteiger partial charge in [-0.3, -0.25) is 9.20 Å². The van der Waals surface area contributed by atoms with Crippen LogP contribution in [-0.4, -0.2) is 30.6 Å². The Balaban J connectivity index is 1.58. The molecule has 0 radical (unpaired) electrons. The van der Waals surface area contributed by atoms with Gasteiger partial charge in [0, 0.05) is 11.9 Å². The molecule has 1 N–H and O–H groups in total. The largest absolute Gasteiger partial charge is 0.334 e. The molecule has 0 spiro atoms. The van der Waals surface area contributed by atoms with Crippen molar-refractivity contribution in [1.29, 1.82) is 0 Å². The zero-order valence-electron chi connectivity index (χ0n) is 15.2. The van der Waals surface area contributed by atoms with E-state index in [1.165, 1.54) is 0 Å². The van der Waals surface area contributed by atoms with Gasteiger partial charge in [0.05, 0.1) is 12.0 Å². The number of nitrogens with zero attached hydrogens (tertiary/aromatic N) is 5. The second-order valence-corrected chi connectivity index (χ2v) is 6.45. The van der Waals surface area contributed by atoms with E-state index in [2.05, 4.69) is 25.7 Å². The summed E-state index contributed by atoms with van der Waals surface area (Å²) in [5.41, 5.74) is 4.34. The molecular weight excluding hydrogens is 344 g/mol. The highest BCUT2D eigenvalue weighted by Crippen LogP contribution is 2.19. The first-order chi connectivity index (χ1) is 13.0. The monoisotopic (exact) mass is 362 g/mol. The van der Waals surface area contributed by atoms with Crippen LogP contribution in [-0.2, 0) is 11.2 Å². The lowest BCUT2D eigenvalue weighted by Crippen LogP contribution is -2.17. The summed E-state index contributed by atoms with van der Waals surface area (Å²) < 4.78 is 6.96. The average molecular weight is 362 g/mol. The Morgan fingerprint density at radius 3 is 2.74 bits per heavy atom. The van der Waals surface area contributed by atoms with Gasteiger partial charge in [-0.25, -0.2) is 0 Å². The van der Waals surface area contributed by atoms with Crippen molar-refractivity contribution in [2.24, 2.45) is 0 Å². The Morgan fingerprint density at radius 2 is 2.00 bits per heavy atom. The minimum atomic E-state index is -0.157. The van der Waals surface area contributed by atoms with E-state index in [0.29, 0.717) is 23.2 Å². The number of aryl methyl sites for hydroxylation is 3. The van der Waals surface area contributed by atoms with Crippen LogP contribution in [0.4, 0.5) is 5.69 Å². The minimum Gasteiger partial charge on any atom is -0.334 e. The molecule has 0 fully saturated rings. The predicted molar refractivity (Wildman–Crippen MR) is 99.3 cm³/mol. The molecule has 0 aliphatic carbocycles. The fraction of sp³-hybridized carbons (Fsp3) is 0.211. The maximum atomic E-state index is 12.5. The topological polar surface area (TPSA) is 98.2 Å². The number of aromatic nitrogens is 5. The Labute approximate surface area is 155 Å². The van der Waals surface area contributed by atoms with Gasteiger partial charge in [0.15, 0.2) is 11.5 Å². The van der Waals surface area contributed by atoms with Crippen molar-refractivity contribution >= 4 is 17.2 Å². The van der Waals surface area contributed by atoms with Crippen molar-refractivity contribution in [2.45, 2.75) is 27.2 Å². The van der Waals surface area contributed by atoms with E-state index in [4.69, 9.17) is 4.52 Å². The van der Waals surface area contributed by atoms with Gasteiger partial charge in [0.2, 0.25) is 5.91 Å². The molecule has 27 heavy (non-hydrogen) atoms. The fourth-order valence-electron chi connectivity index (χ4n) is 2.89. The van der Waals surface area contributed by atoms with Crippen molar-refractivity contribution in [3.8, 4) is 11.5 Å². The van der Waals surface area contributed by atoms with Gasteiger partial charge in [0.25, 0.3) is 5.89 Å². The highest BCUT2D eigenvalue weighted by Gasteiger charge is 2.14. The molecule has 0 unspecified atom stereocenters. The Morgan fingerprint density at radius 1 is 1.15 bits per heavy atom. The lowest BCUT2D eigenvalue weighted by atomic mass is 10.1. The molecule has 8 heteroatoms. The van der Waals surface area contributed by atoms with Crippen LogP contribution in [0.1, 0.15) is 22.8 Å². The van der Waals surface area contributed by atoms with Crippen LogP contribution in [0.25, 0.3) is 17.1 Å². The lowest BCUT2D eigenvalue weighted by Gasteiger charge is -2.08. The molecule has 8 nitrogen and oxygen atoms in total. The van der Waals surface area contributed by atoms with Crippen LogP contribution < -0.4 is 5.32 Å². The fourth-order valence-corrected chi connectivity index (χ4v) is 2.89. The molecule has 136 valence electrons. The summed E-state index contributed by atoms with van der Waals surface area (Å²) >= 11 is 0. The van der Waals surface area contributed by atoms with Gasteiger partial charge in [0.1, 0.15) is 5.82 Å². The first-order valence-corrected chi connectivity index (χ1v) is 8.51. The summed E-state index contributed by atoms with van der Waals surface area (Å²) in [4.78, 5) is 16.7. The number of rotatable bonds is 4. The zero-order chi connectivity index (χ0) is 19.0. The molecule has 4 rings (SSSR count). The lowest BCUT2D eigenvalue weighted by molar-refractivity contribution is -0.115. The molecular formula is C19H18N6O2. The van der Waals surface area contributed by atoms with Gasteiger partial charge in [-0.05, 0) is 44.5 Å². The Bertz CT molecular complexity index is 1140. The molecule has 1 amide bonds. The van der Waals surface area contributed by atoms with Crippen LogP contribution in [0.15, 0.2) is 41.1 Å². The molecule has 1 aromatic carbocycles. The molecule has 0 aliphatic rings. The number of hydrogen-bond acceptors (Lipinski definition) is 6. The smallest absolute Gasteiger partial charge is 0.259 e. The third-order valence-electron chi connectivity index (χ3n) is 4.22. The molecule has 0 saturated carbocycles. The highest BCUT2D eigenvalue weighted by atomic mass is 16.5. The number of amides is 1. The normalized spacial score (nSPS) is 11.1. The zero-order valence-corrected chi connectivity index (χ0v) is 15.2. The number of pyridine rings is 1. The summed E-state index contributed by atoms with van der Waals surface area (Å²) in [6.45, 7) is 5.74. The number of benzene rings is 1. The van der Waals surface area contributed by atoms with Crippen LogP contribution in [0.5, 0.6) is 0 Å². The Kier molecular flexibility index (Phi) is 4.15. The molecule has 3 aromatic heterocycles. The number of nitrogens with one attached hydrogen (secondary N) is 1. The second kappa shape index (κ2) is 6.64. The first-order valence-electron chi connectivity index (χ1n) is 8.51. The highest BCUT2D eigenvalue weighted by molar-refractivity contribution is 5.92. The maximum absolute atomic E-state index is 12.5. The van der Waals surface area contributed by atoms with Gasteiger partial charge in [-0.2, -0.15) is 4.98 Å². The summed E-state index contributed by atoms with van der Waals surface area (Å²) in [5.74, 6) is 1.34. The van der Waals surface area contributed by atoms with Gasteiger partial charge in [-0.1, -0.05) is 22.9 Å². The van der Waals surface area contributed by atoms with Crippen LogP contribution >= 0.6 is 0 Å². The van der Waals surface area contributed by atoms with Crippen LogP contribution in [0.3, 0.4) is 0 Å². The van der Waals surface area contributed by atoms with Crippen LogP contribution in [0.2, 0.25) is 0 Å². The number of anilines is 1. The van der Waals surface area contributed by atoms with E-state index < -0.39 is 0 Å². The van der Waals surface area contributed by atoms with E-state index in [1.807, 2.05) is 38.1 Å². The standard InChI is InChI=1S/C19H18N6O2/c1-11-4-6-15(12(2)8-11)21-18(26)9-17-23-22-16-7-5-14(10-25(16)17)19-20-13(3)24-27-19/h4-8,10H,9H2,1-3H3,(H,21,26). The molecule has 0 saturated heterocycles. The third kappa shape index (κ3) is 3.41. The van der Waals surface area contributed by atoms with E-state index in [-0.39, 0.29) is 12.3 Å². The third-order valence-corrected chi connectivity index (χ3v) is 4.22. The van der Waals surface area contributed by atoms with Crippen LogP contribution in [0, 0.1) is 20.8 Å². The number of carbonyl (C=O) groups excluding carboxylic acids is 1. The molecule has 0 bridgehead atoms. The number of carbonyl (C=O) groups is 1. The SMILES string of the molecule is Cc1ccc(NC(=O)Cc2nnc3ccc(-c4nc(C)no4)cn23)c(C)c1. The summed E-state index contributed by atoms with van der Waals surface area (Å²) in [6, 6.07) is 9.53. The van der Waals surface area contributed by atoms with Gasteiger partial charge >= 0.3 is 0 Å². The molecule has 3 heterocycles. The summed E-state index contributed by atoms with van der Waals surface area (Å²) in [5, 5.41) is 15.0. The van der Waals surface area contributed by atoms with E-state index in [1.54, 1.807) is 23.6 Å². The van der Waals surface area contributed by atoms with E-state index in [9.17, 15) is 4.79 Å². The molecule has 4 aromatic rings. The summed E-state index contributed by atoms with van der Waals surface area (Å²) in [6.07, 6.45) is 1.89. The predicted octanol–water partition coefficient (Wildman–Crippen LogP) is 2.89. The average Bonchev–Trinajstić information content (AvgIpc) is 3.24. The maximum Gasteiger partial charge on any atom is 0.259 e. The van der Waals surface area contributed by atoms with E-state index >= 15 is 0 Å². The van der Waals surface area contributed by atoms with Crippen molar-refractivity contribution in [3.63, 3.8) is 0 Å². The second-order valence-electron chi connectivity index (χ2n) is 6.45. The first kappa shape index (κ1) is 16.9. The minimum absolute atomic E-state index is 0.0980. The Hall–Kier alpha value is -3.55. The number of hydrogen-bond donors (Lipinski definition) is 1. The number of fused-ring (bicyclic) bond motifs is 1. The van der Waals surface area contributed by atoms with Gasteiger partial charge < -0.3 is 9.84 Å².